The first-order chi connectivity index (χ1) is 10.7. The Labute approximate surface area is 133 Å². The summed E-state index contributed by atoms with van der Waals surface area (Å²) in [4.78, 5) is 11.8. The van der Waals surface area contributed by atoms with Crippen LogP contribution in [0.2, 0.25) is 0 Å². The molecule has 1 aromatic carbocycles. The van der Waals surface area contributed by atoms with Crippen LogP contribution in [-0.2, 0) is 4.79 Å². The molecule has 4 heteroatoms. The Hall–Kier alpha value is -1.55. The van der Waals surface area contributed by atoms with E-state index in [-0.39, 0.29) is 5.91 Å². The number of piperidine rings is 1. The highest BCUT2D eigenvalue weighted by atomic mass is 16.5. The van der Waals surface area contributed by atoms with Crippen molar-refractivity contribution in [3.63, 3.8) is 0 Å². The minimum absolute atomic E-state index is 0.136. The molecule has 1 unspecified atom stereocenters. The summed E-state index contributed by atoms with van der Waals surface area (Å²) in [5, 5.41) is 6.42. The van der Waals surface area contributed by atoms with Gasteiger partial charge in [0.1, 0.15) is 5.75 Å². The maximum atomic E-state index is 11.8. The van der Waals surface area contributed by atoms with E-state index >= 15 is 0 Å². The number of nitrogens with one attached hydrogen (secondary N) is 2. The Morgan fingerprint density at radius 3 is 3.14 bits per heavy atom. The molecular weight excluding hydrogens is 276 g/mol. The molecule has 0 aromatic heterocycles. The molecule has 22 heavy (non-hydrogen) atoms. The summed E-state index contributed by atoms with van der Waals surface area (Å²) in [6.45, 7) is 5.67. The first-order valence-electron chi connectivity index (χ1n) is 8.41. The minimum atomic E-state index is 0.136. The van der Waals surface area contributed by atoms with Crippen LogP contribution < -0.4 is 15.4 Å². The van der Waals surface area contributed by atoms with Crippen LogP contribution in [0.4, 0.5) is 0 Å². The van der Waals surface area contributed by atoms with Crippen molar-refractivity contribution in [1.82, 2.24) is 10.6 Å². The lowest BCUT2D eigenvalue weighted by Crippen LogP contribution is -2.33. The van der Waals surface area contributed by atoms with Gasteiger partial charge in [-0.25, -0.2) is 0 Å². The lowest BCUT2D eigenvalue weighted by atomic mass is 9.96. The van der Waals surface area contributed by atoms with Crippen LogP contribution in [0.3, 0.4) is 0 Å². The van der Waals surface area contributed by atoms with Gasteiger partial charge in [-0.1, -0.05) is 12.1 Å². The van der Waals surface area contributed by atoms with Gasteiger partial charge in [-0.3, -0.25) is 4.79 Å². The third kappa shape index (κ3) is 6.48. The number of hydrogen-bond donors (Lipinski definition) is 2. The summed E-state index contributed by atoms with van der Waals surface area (Å²) in [7, 11) is 0. The van der Waals surface area contributed by atoms with Gasteiger partial charge in [0.2, 0.25) is 5.91 Å². The lowest BCUT2D eigenvalue weighted by Gasteiger charge is -2.22. The maximum Gasteiger partial charge on any atom is 0.220 e. The molecule has 0 bridgehead atoms. The van der Waals surface area contributed by atoms with Crippen LogP contribution in [0.15, 0.2) is 24.3 Å². The van der Waals surface area contributed by atoms with E-state index in [1.807, 2.05) is 31.2 Å². The number of amides is 1. The van der Waals surface area contributed by atoms with Gasteiger partial charge >= 0.3 is 0 Å². The molecule has 0 spiro atoms. The van der Waals surface area contributed by atoms with Crippen LogP contribution in [-0.4, -0.2) is 32.1 Å². The Morgan fingerprint density at radius 2 is 2.36 bits per heavy atom. The van der Waals surface area contributed by atoms with Crippen molar-refractivity contribution in [2.24, 2.45) is 5.92 Å². The van der Waals surface area contributed by atoms with Gasteiger partial charge in [0, 0.05) is 13.0 Å². The first-order valence-corrected chi connectivity index (χ1v) is 8.41. The van der Waals surface area contributed by atoms with Gasteiger partial charge in [-0.2, -0.15) is 0 Å². The van der Waals surface area contributed by atoms with E-state index in [0.29, 0.717) is 13.0 Å². The van der Waals surface area contributed by atoms with Crippen LogP contribution >= 0.6 is 0 Å². The standard InChI is InChI=1S/C18H28N2O2/c1-15-5-2-7-17(13-15)22-12-4-8-18(21)20-11-9-16-6-3-10-19-14-16/h2,5,7,13,16,19H,3-4,6,8-12,14H2,1H3,(H,20,21). The molecule has 1 aromatic rings. The number of carbonyl (C=O) groups excluding carboxylic acids is 1. The second kappa shape index (κ2) is 9.46. The fourth-order valence-electron chi connectivity index (χ4n) is 2.80. The molecule has 1 amide bonds. The third-order valence-corrected chi connectivity index (χ3v) is 4.08. The second-order valence-electron chi connectivity index (χ2n) is 6.12. The molecule has 0 saturated carbocycles. The third-order valence-electron chi connectivity index (χ3n) is 4.08. The van der Waals surface area contributed by atoms with Gasteiger partial charge < -0.3 is 15.4 Å². The highest BCUT2D eigenvalue weighted by Gasteiger charge is 2.12. The average Bonchev–Trinajstić information content (AvgIpc) is 2.53. The average molecular weight is 304 g/mol. The van der Waals surface area contributed by atoms with E-state index in [2.05, 4.69) is 10.6 Å². The van der Waals surface area contributed by atoms with E-state index < -0.39 is 0 Å². The summed E-state index contributed by atoms with van der Waals surface area (Å²) in [6, 6.07) is 7.99. The molecule has 0 radical (unpaired) electrons. The normalized spacial score (nSPS) is 18.0. The topological polar surface area (TPSA) is 50.4 Å². The summed E-state index contributed by atoms with van der Waals surface area (Å²) in [6.07, 6.45) is 4.92. The zero-order chi connectivity index (χ0) is 15.6. The quantitative estimate of drug-likeness (QED) is 0.726. The van der Waals surface area contributed by atoms with Crippen molar-refractivity contribution >= 4 is 5.91 Å². The van der Waals surface area contributed by atoms with Crippen LogP contribution in [0.25, 0.3) is 0 Å². The fourth-order valence-corrected chi connectivity index (χ4v) is 2.80. The van der Waals surface area contributed by atoms with Crippen LogP contribution in [0.1, 0.15) is 37.7 Å². The van der Waals surface area contributed by atoms with Gasteiger partial charge in [0.15, 0.2) is 0 Å². The SMILES string of the molecule is Cc1cccc(OCCCC(=O)NCCC2CCCNC2)c1. The van der Waals surface area contributed by atoms with Gasteiger partial charge in [-0.15, -0.1) is 0 Å². The summed E-state index contributed by atoms with van der Waals surface area (Å²) in [5.41, 5.74) is 1.19. The number of benzene rings is 1. The predicted molar refractivity (Wildman–Crippen MR) is 89.1 cm³/mol. The van der Waals surface area contributed by atoms with Crippen molar-refractivity contribution in [3.8, 4) is 5.75 Å². The smallest absolute Gasteiger partial charge is 0.220 e. The van der Waals surface area contributed by atoms with Gasteiger partial charge in [0.05, 0.1) is 6.61 Å². The molecule has 1 aliphatic rings. The predicted octanol–water partition coefficient (Wildman–Crippen LogP) is 2.66. The van der Waals surface area contributed by atoms with Gasteiger partial charge in [-0.05, 0) is 69.3 Å². The van der Waals surface area contributed by atoms with Crippen molar-refractivity contribution < 1.29 is 9.53 Å². The zero-order valence-corrected chi connectivity index (χ0v) is 13.6. The van der Waals surface area contributed by atoms with E-state index in [0.717, 1.165) is 44.1 Å². The monoisotopic (exact) mass is 304 g/mol. The molecule has 1 fully saturated rings. The fraction of sp³-hybridized carbons (Fsp3) is 0.611. The molecular formula is C18H28N2O2. The molecule has 2 N–H and O–H groups in total. The number of rotatable bonds is 8. The highest BCUT2D eigenvalue weighted by Crippen LogP contribution is 2.13. The van der Waals surface area contributed by atoms with E-state index in [1.165, 1.54) is 18.4 Å². The molecule has 0 aliphatic carbocycles. The van der Waals surface area contributed by atoms with E-state index in [4.69, 9.17) is 4.74 Å². The van der Waals surface area contributed by atoms with Crippen molar-refractivity contribution in [3.05, 3.63) is 29.8 Å². The van der Waals surface area contributed by atoms with Crippen LogP contribution in [0, 0.1) is 12.8 Å². The number of aryl methyl sites for hydroxylation is 1. The molecule has 2 rings (SSSR count). The Balaban J connectivity index is 1.50. The molecule has 122 valence electrons. The Morgan fingerprint density at radius 1 is 1.45 bits per heavy atom. The Kier molecular flexibility index (Phi) is 7.23. The van der Waals surface area contributed by atoms with E-state index in [9.17, 15) is 4.79 Å². The zero-order valence-electron chi connectivity index (χ0n) is 13.6. The minimum Gasteiger partial charge on any atom is -0.494 e. The van der Waals surface area contributed by atoms with Crippen molar-refractivity contribution in [2.45, 2.75) is 39.0 Å². The largest absolute Gasteiger partial charge is 0.494 e. The first kappa shape index (κ1) is 16.8. The molecule has 4 nitrogen and oxygen atoms in total. The van der Waals surface area contributed by atoms with Crippen molar-refractivity contribution in [1.29, 1.82) is 0 Å². The number of ether oxygens (including phenoxy) is 1. The van der Waals surface area contributed by atoms with Crippen molar-refractivity contribution in [2.75, 3.05) is 26.2 Å². The highest BCUT2D eigenvalue weighted by molar-refractivity contribution is 5.75. The summed E-state index contributed by atoms with van der Waals surface area (Å²) >= 11 is 0. The van der Waals surface area contributed by atoms with Crippen LogP contribution in [0.5, 0.6) is 5.75 Å². The molecule has 1 aliphatic heterocycles. The summed E-state index contributed by atoms with van der Waals surface area (Å²) < 4.78 is 5.65. The number of hydrogen-bond acceptors (Lipinski definition) is 3. The Bertz CT molecular complexity index is 456. The molecule has 1 saturated heterocycles. The van der Waals surface area contributed by atoms with Gasteiger partial charge in [0.25, 0.3) is 0 Å². The van der Waals surface area contributed by atoms with E-state index in [1.54, 1.807) is 0 Å². The number of carbonyl (C=O) groups is 1. The molecule has 1 heterocycles. The lowest BCUT2D eigenvalue weighted by molar-refractivity contribution is -0.121. The molecule has 1 atom stereocenters. The second-order valence-corrected chi connectivity index (χ2v) is 6.12. The maximum absolute atomic E-state index is 11.8. The summed E-state index contributed by atoms with van der Waals surface area (Å²) in [5.74, 6) is 1.74.